The highest BCUT2D eigenvalue weighted by molar-refractivity contribution is 5.48. The Labute approximate surface area is 62.8 Å². The van der Waals surface area contributed by atoms with Gasteiger partial charge in [0.25, 0.3) is 0 Å². The molecule has 2 rings (SSSR count). The van der Waals surface area contributed by atoms with Gasteiger partial charge in [0.15, 0.2) is 5.82 Å². The summed E-state index contributed by atoms with van der Waals surface area (Å²) < 4.78 is 0. The number of H-pyrrole nitrogens is 2. The summed E-state index contributed by atoms with van der Waals surface area (Å²) in [6.45, 7) is 1.98. The molecule has 0 radical (unpaired) electrons. The van der Waals surface area contributed by atoms with Gasteiger partial charge in [0, 0.05) is 5.69 Å². The molecule has 0 saturated carbocycles. The Morgan fingerprint density at radius 3 is 2.82 bits per heavy atom. The maximum atomic E-state index is 3.75. The number of hydrogen-bond acceptors (Lipinski definition) is 3. The number of nitrogens with zero attached hydrogens (tertiary/aromatic N) is 3. The van der Waals surface area contributed by atoms with Crippen molar-refractivity contribution in [3.05, 3.63) is 17.8 Å². The molecule has 0 spiro atoms. The van der Waals surface area contributed by atoms with Crippen LogP contribution in [0.15, 0.2) is 12.1 Å². The van der Waals surface area contributed by atoms with Crippen LogP contribution in [0.2, 0.25) is 0 Å². The van der Waals surface area contributed by atoms with Crippen molar-refractivity contribution in [2.24, 2.45) is 0 Å². The van der Waals surface area contributed by atoms with Crippen LogP contribution in [0.1, 0.15) is 5.69 Å². The minimum absolute atomic E-state index is 0.665. The summed E-state index contributed by atoms with van der Waals surface area (Å²) in [5.74, 6) is 0.665. The molecule has 11 heavy (non-hydrogen) atoms. The highest BCUT2D eigenvalue weighted by atomic mass is 15.5. The van der Waals surface area contributed by atoms with Crippen molar-refractivity contribution in [1.29, 1.82) is 0 Å². The molecule has 0 aromatic carbocycles. The number of aromatic nitrogens is 5. The van der Waals surface area contributed by atoms with E-state index in [1.54, 1.807) is 0 Å². The minimum Gasteiger partial charge on any atom is -0.356 e. The summed E-state index contributed by atoms with van der Waals surface area (Å²) >= 11 is 0. The Bertz CT molecular complexity index is 333. The minimum atomic E-state index is 0.665. The van der Waals surface area contributed by atoms with Crippen LogP contribution >= 0.6 is 0 Å². The summed E-state index contributed by atoms with van der Waals surface area (Å²) in [6.07, 6.45) is 0. The second-order valence-electron chi connectivity index (χ2n) is 2.30. The van der Waals surface area contributed by atoms with E-state index in [1.165, 1.54) is 0 Å². The van der Waals surface area contributed by atoms with Gasteiger partial charge in [-0.25, -0.2) is 5.10 Å². The fourth-order valence-corrected chi connectivity index (χ4v) is 0.915. The second kappa shape index (κ2) is 2.19. The van der Waals surface area contributed by atoms with E-state index in [9.17, 15) is 0 Å². The Kier molecular flexibility index (Phi) is 1.21. The van der Waals surface area contributed by atoms with E-state index >= 15 is 0 Å². The molecule has 0 aliphatic heterocycles. The predicted octanol–water partition coefficient (Wildman–Crippen LogP) is 0.503. The lowest BCUT2D eigenvalue weighted by atomic mass is 10.4. The van der Waals surface area contributed by atoms with E-state index in [-0.39, 0.29) is 0 Å². The van der Waals surface area contributed by atoms with Gasteiger partial charge in [-0.15, -0.1) is 5.10 Å². The smallest absolute Gasteiger partial charge is 0.195 e. The maximum absolute atomic E-state index is 3.75. The topological polar surface area (TPSA) is 70.2 Å². The van der Waals surface area contributed by atoms with Crippen molar-refractivity contribution in [2.45, 2.75) is 6.92 Å². The zero-order valence-electron chi connectivity index (χ0n) is 6.00. The number of aryl methyl sites for hydroxylation is 1. The van der Waals surface area contributed by atoms with Crippen molar-refractivity contribution in [1.82, 2.24) is 25.6 Å². The summed E-state index contributed by atoms with van der Waals surface area (Å²) in [4.78, 5) is 3.10. The van der Waals surface area contributed by atoms with Gasteiger partial charge in [-0.05, 0) is 29.5 Å². The predicted molar refractivity (Wildman–Crippen MR) is 38.7 cm³/mol. The molecular weight excluding hydrogens is 142 g/mol. The number of tetrazole rings is 1. The SMILES string of the molecule is Cc1ccc(-c2nnn[nH]2)[nH]1. The van der Waals surface area contributed by atoms with Crippen molar-refractivity contribution in [2.75, 3.05) is 0 Å². The average Bonchev–Trinajstić information content (AvgIpc) is 2.55. The summed E-state index contributed by atoms with van der Waals surface area (Å²) in [5, 5.41) is 13.3. The zero-order chi connectivity index (χ0) is 7.68. The first-order valence-corrected chi connectivity index (χ1v) is 3.26. The Hall–Kier alpha value is -1.65. The van der Waals surface area contributed by atoms with E-state index in [0.29, 0.717) is 5.82 Å². The van der Waals surface area contributed by atoms with Gasteiger partial charge in [-0.2, -0.15) is 0 Å². The molecule has 2 aromatic heterocycles. The van der Waals surface area contributed by atoms with Crippen LogP contribution in [-0.4, -0.2) is 25.6 Å². The average molecular weight is 149 g/mol. The van der Waals surface area contributed by atoms with Crippen LogP contribution < -0.4 is 0 Å². The van der Waals surface area contributed by atoms with Gasteiger partial charge >= 0.3 is 0 Å². The molecular formula is C6H7N5. The standard InChI is InChI=1S/C6H7N5/c1-4-2-3-5(7-4)6-8-10-11-9-6/h2-3,7H,1H3,(H,8,9,10,11). The molecule has 0 bridgehead atoms. The molecule has 2 heterocycles. The van der Waals surface area contributed by atoms with E-state index in [2.05, 4.69) is 25.6 Å². The fraction of sp³-hybridized carbons (Fsp3) is 0.167. The Morgan fingerprint density at radius 1 is 1.36 bits per heavy atom. The zero-order valence-corrected chi connectivity index (χ0v) is 6.00. The molecule has 56 valence electrons. The molecule has 0 amide bonds. The Balaban J connectivity index is 2.45. The highest BCUT2D eigenvalue weighted by Gasteiger charge is 2.01. The maximum Gasteiger partial charge on any atom is 0.195 e. The molecule has 2 aromatic rings. The number of rotatable bonds is 1. The molecule has 0 saturated heterocycles. The molecule has 0 aliphatic carbocycles. The second-order valence-corrected chi connectivity index (χ2v) is 2.30. The van der Waals surface area contributed by atoms with Gasteiger partial charge in [-0.1, -0.05) is 0 Å². The molecule has 5 heteroatoms. The van der Waals surface area contributed by atoms with Gasteiger partial charge in [-0.3, -0.25) is 0 Å². The van der Waals surface area contributed by atoms with E-state index in [0.717, 1.165) is 11.4 Å². The third kappa shape index (κ3) is 1.000. The molecule has 0 atom stereocenters. The van der Waals surface area contributed by atoms with Gasteiger partial charge in [0.2, 0.25) is 0 Å². The van der Waals surface area contributed by atoms with Crippen LogP contribution in [0.25, 0.3) is 11.5 Å². The highest BCUT2D eigenvalue weighted by Crippen LogP contribution is 2.10. The van der Waals surface area contributed by atoms with E-state index in [4.69, 9.17) is 0 Å². The normalized spacial score (nSPS) is 10.3. The van der Waals surface area contributed by atoms with Crippen LogP contribution in [0.4, 0.5) is 0 Å². The van der Waals surface area contributed by atoms with Gasteiger partial charge < -0.3 is 4.98 Å². The number of aromatic amines is 2. The van der Waals surface area contributed by atoms with Crippen LogP contribution in [-0.2, 0) is 0 Å². The Morgan fingerprint density at radius 2 is 2.27 bits per heavy atom. The fourth-order valence-electron chi connectivity index (χ4n) is 0.915. The lowest BCUT2D eigenvalue weighted by Gasteiger charge is -1.85. The largest absolute Gasteiger partial charge is 0.356 e. The molecule has 5 nitrogen and oxygen atoms in total. The lowest BCUT2D eigenvalue weighted by molar-refractivity contribution is 0.881. The van der Waals surface area contributed by atoms with Crippen LogP contribution in [0, 0.1) is 6.92 Å². The first-order chi connectivity index (χ1) is 5.36. The number of nitrogens with one attached hydrogen (secondary N) is 2. The van der Waals surface area contributed by atoms with Crippen molar-refractivity contribution in [3.63, 3.8) is 0 Å². The molecule has 2 N–H and O–H groups in total. The van der Waals surface area contributed by atoms with Crippen molar-refractivity contribution >= 4 is 0 Å². The third-order valence-corrected chi connectivity index (χ3v) is 1.43. The van der Waals surface area contributed by atoms with E-state index in [1.807, 2.05) is 19.1 Å². The lowest BCUT2D eigenvalue weighted by Crippen LogP contribution is -1.80. The third-order valence-electron chi connectivity index (χ3n) is 1.43. The van der Waals surface area contributed by atoms with Crippen LogP contribution in [0.5, 0.6) is 0 Å². The monoisotopic (exact) mass is 149 g/mol. The van der Waals surface area contributed by atoms with Crippen molar-refractivity contribution < 1.29 is 0 Å². The first kappa shape index (κ1) is 6.09. The van der Waals surface area contributed by atoms with Gasteiger partial charge in [0.05, 0.1) is 5.69 Å². The number of hydrogen-bond donors (Lipinski definition) is 2. The molecule has 0 aliphatic rings. The molecule has 0 fully saturated rings. The summed E-state index contributed by atoms with van der Waals surface area (Å²) in [5.41, 5.74) is 2.00. The van der Waals surface area contributed by atoms with Crippen LogP contribution in [0.3, 0.4) is 0 Å². The summed E-state index contributed by atoms with van der Waals surface area (Å²) in [7, 11) is 0. The summed E-state index contributed by atoms with van der Waals surface area (Å²) in [6, 6.07) is 3.90. The van der Waals surface area contributed by atoms with E-state index < -0.39 is 0 Å². The first-order valence-electron chi connectivity index (χ1n) is 3.26. The molecule has 0 unspecified atom stereocenters. The van der Waals surface area contributed by atoms with Gasteiger partial charge in [0.1, 0.15) is 0 Å². The van der Waals surface area contributed by atoms with Crippen molar-refractivity contribution in [3.8, 4) is 11.5 Å². The quantitative estimate of drug-likeness (QED) is 0.620.